The van der Waals surface area contributed by atoms with Crippen LogP contribution >= 0.6 is 0 Å². The molecule has 2 rings (SSSR count). The molecule has 2 nitrogen and oxygen atoms in total. The Morgan fingerprint density at radius 3 is 2.58 bits per heavy atom. The topological polar surface area (TPSA) is 32.3 Å². The van der Waals surface area contributed by atoms with E-state index in [9.17, 15) is 5.11 Å². The lowest BCUT2D eigenvalue weighted by Crippen LogP contribution is -2.18. The number of nitrogens with one attached hydrogen (secondary N) is 1. The zero-order valence-electron chi connectivity index (χ0n) is 11.8. The standard InChI is InChI=1S/C17H21NO/c1-12-7-8-17(13(2)9-12)14(3)18-11-15-5-4-6-16(19)10-15/h4-10,14,18-19H,11H2,1-3H3. The van der Waals surface area contributed by atoms with Crippen molar-refractivity contribution in [1.29, 1.82) is 0 Å². The maximum absolute atomic E-state index is 9.44. The second-order valence-corrected chi connectivity index (χ2v) is 5.13. The van der Waals surface area contributed by atoms with Gasteiger partial charge < -0.3 is 10.4 Å². The lowest BCUT2D eigenvalue weighted by molar-refractivity contribution is 0.473. The summed E-state index contributed by atoms with van der Waals surface area (Å²) in [5, 5.41) is 12.9. The predicted octanol–water partition coefficient (Wildman–Crippen LogP) is 3.86. The van der Waals surface area contributed by atoms with Gasteiger partial charge in [0.25, 0.3) is 0 Å². The van der Waals surface area contributed by atoms with Crippen LogP contribution in [-0.4, -0.2) is 5.11 Å². The first-order chi connectivity index (χ1) is 9.06. The van der Waals surface area contributed by atoms with Crippen LogP contribution in [-0.2, 0) is 6.54 Å². The third kappa shape index (κ3) is 3.58. The van der Waals surface area contributed by atoms with Gasteiger partial charge in [-0.25, -0.2) is 0 Å². The van der Waals surface area contributed by atoms with Crippen molar-refractivity contribution in [1.82, 2.24) is 5.32 Å². The molecule has 0 bridgehead atoms. The smallest absolute Gasteiger partial charge is 0.115 e. The average molecular weight is 255 g/mol. The van der Waals surface area contributed by atoms with Crippen LogP contribution in [0.1, 0.15) is 35.2 Å². The molecule has 1 unspecified atom stereocenters. The third-order valence-electron chi connectivity index (χ3n) is 3.41. The largest absolute Gasteiger partial charge is 0.508 e. The molecule has 2 aromatic carbocycles. The molecule has 2 aromatic rings. The number of phenolic OH excluding ortho intramolecular Hbond substituents is 1. The van der Waals surface area contributed by atoms with Crippen molar-refractivity contribution in [2.75, 3.05) is 0 Å². The van der Waals surface area contributed by atoms with Gasteiger partial charge in [-0.15, -0.1) is 0 Å². The molecule has 0 heterocycles. The number of rotatable bonds is 4. The molecule has 0 aliphatic rings. The lowest BCUT2D eigenvalue weighted by Gasteiger charge is -2.17. The van der Waals surface area contributed by atoms with Gasteiger partial charge in [-0.05, 0) is 49.6 Å². The summed E-state index contributed by atoms with van der Waals surface area (Å²) in [4.78, 5) is 0. The van der Waals surface area contributed by atoms with Gasteiger partial charge >= 0.3 is 0 Å². The van der Waals surface area contributed by atoms with Crippen molar-refractivity contribution in [2.45, 2.75) is 33.4 Å². The van der Waals surface area contributed by atoms with Crippen molar-refractivity contribution >= 4 is 0 Å². The molecule has 0 aliphatic heterocycles. The highest BCUT2D eigenvalue weighted by atomic mass is 16.3. The minimum absolute atomic E-state index is 0.294. The maximum Gasteiger partial charge on any atom is 0.115 e. The Morgan fingerprint density at radius 2 is 1.89 bits per heavy atom. The average Bonchev–Trinajstić information content (AvgIpc) is 2.36. The van der Waals surface area contributed by atoms with Crippen LogP contribution in [0.15, 0.2) is 42.5 Å². The van der Waals surface area contributed by atoms with Crippen LogP contribution < -0.4 is 5.32 Å². The minimum Gasteiger partial charge on any atom is -0.508 e. The van der Waals surface area contributed by atoms with Crippen LogP contribution in [0.25, 0.3) is 0 Å². The third-order valence-corrected chi connectivity index (χ3v) is 3.41. The van der Waals surface area contributed by atoms with E-state index < -0.39 is 0 Å². The quantitative estimate of drug-likeness (QED) is 0.869. The van der Waals surface area contributed by atoms with E-state index in [0.717, 1.165) is 12.1 Å². The number of hydrogen-bond donors (Lipinski definition) is 2. The van der Waals surface area contributed by atoms with E-state index in [1.165, 1.54) is 16.7 Å². The molecule has 0 amide bonds. The molecular formula is C17H21NO. The Hall–Kier alpha value is -1.80. The fourth-order valence-electron chi connectivity index (χ4n) is 2.36. The summed E-state index contributed by atoms with van der Waals surface area (Å²) in [6, 6.07) is 14.2. The molecule has 2 N–H and O–H groups in total. The van der Waals surface area contributed by atoms with Gasteiger partial charge in [0.1, 0.15) is 5.75 Å². The highest BCUT2D eigenvalue weighted by molar-refractivity contribution is 5.33. The van der Waals surface area contributed by atoms with Crippen molar-refractivity contribution in [2.24, 2.45) is 0 Å². The van der Waals surface area contributed by atoms with E-state index in [2.05, 4.69) is 44.3 Å². The molecule has 2 heteroatoms. The van der Waals surface area contributed by atoms with Crippen molar-refractivity contribution in [3.05, 3.63) is 64.7 Å². The molecule has 0 fully saturated rings. The fraction of sp³-hybridized carbons (Fsp3) is 0.294. The first kappa shape index (κ1) is 13.6. The van der Waals surface area contributed by atoms with Gasteiger partial charge in [-0.3, -0.25) is 0 Å². The lowest BCUT2D eigenvalue weighted by atomic mass is 10.00. The summed E-state index contributed by atoms with van der Waals surface area (Å²) in [5.74, 6) is 0.318. The van der Waals surface area contributed by atoms with Crippen molar-refractivity contribution in [3.8, 4) is 5.75 Å². The molecule has 0 saturated heterocycles. The molecule has 0 aromatic heterocycles. The maximum atomic E-state index is 9.44. The Balaban J connectivity index is 2.03. The first-order valence-electron chi connectivity index (χ1n) is 6.64. The Kier molecular flexibility index (Phi) is 4.23. The van der Waals surface area contributed by atoms with Gasteiger partial charge in [0, 0.05) is 12.6 Å². The molecular weight excluding hydrogens is 234 g/mol. The molecule has 100 valence electrons. The first-order valence-corrected chi connectivity index (χ1v) is 6.64. The summed E-state index contributed by atoms with van der Waals surface area (Å²) in [6.07, 6.45) is 0. The summed E-state index contributed by atoms with van der Waals surface area (Å²) >= 11 is 0. The van der Waals surface area contributed by atoms with E-state index in [1.54, 1.807) is 12.1 Å². The Bertz CT molecular complexity index is 563. The highest BCUT2D eigenvalue weighted by Gasteiger charge is 2.08. The van der Waals surface area contributed by atoms with Crippen LogP contribution in [0.2, 0.25) is 0 Å². The second kappa shape index (κ2) is 5.89. The van der Waals surface area contributed by atoms with Crippen LogP contribution in [0.5, 0.6) is 5.75 Å². The van der Waals surface area contributed by atoms with Crippen molar-refractivity contribution in [3.63, 3.8) is 0 Å². The molecule has 19 heavy (non-hydrogen) atoms. The zero-order chi connectivity index (χ0) is 13.8. The fourth-order valence-corrected chi connectivity index (χ4v) is 2.36. The molecule has 0 saturated carbocycles. The van der Waals surface area contributed by atoms with Gasteiger partial charge in [-0.1, -0.05) is 35.9 Å². The molecule has 1 atom stereocenters. The summed E-state index contributed by atoms with van der Waals surface area (Å²) in [5.41, 5.74) is 5.03. The zero-order valence-corrected chi connectivity index (χ0v) is 11.8. The number of aromatic hydroxyl groups is 1. The summed E-state index contributed by atoms with van der Waals surface area (Å²) < 4.78 is 0. The number of phenols is 1. The Morgan fingerprint density at radius 1 is 1.11 bits per heavy atom. The van der Waals surface area contributed by atoms with E-state index in [-0.39, 0.29) is 0 Å². The van der Waals surface area contributed by atoms with E-state index >= 15 is 0 Å². The van der Waals surface area contributed by atoms with Crippen molar-refractivity contribution < 1.29 is 5.11 Å². The second-order valence-electron chi connectivity index (χ2n) is 5.13. The van der Waals surface area contributed by atoms with E-state index in [1.807, 2.05) is 12.1 Å². The number of aryl methyl sites for hydroxylation is 2. The van der Waals surface area contributed by atoms with Gasteiger partial charge in [0.05, 0.1) is 0 Å². The van der Waals surface area contributed by atoms with E-state index in [4.69, 9.17) is 0 Å². The monoisotopic (exact) mass is 255 g/mol. The predicted molar refractivity (Wildman–Crippen MR) is 79.3 cm³/mol. The molecule has 0 aliphatic carbocycles. The minimum atomic E-state index is 0.294. The van der Waals surface area contributed by atoms with E-state index in [0.29, 0.717) is 11.8 Å². The van der Waals surface area contributed by atoms with Gasteiger partial charge in [-0.2, -0.15) is 0 Å². The normalized spacial score (nSPS) is 12.4. The van der Waals surface area contributed by atoms with Gasteiger partial charge in [0.15, 0.2) is 0 Å². The molecule has 0 spiro atoms. The van der Waals surface area contributed by atoms with Crippen LogP contribution in [0, 0.1) is 13.8 Å². The SMILES string of the molecule is Cc1ccc(C(C)NCc2cccc(O)c2)c(C)c1. The summed E-state index contributed by atoms with van der Waals surface area (Å²) in [7, 11) is 0. The number of benzene rings is 2. The summed E-state index contributed by atoms with van der Waals surface area (Å²) in [6.45, 7) is 7.18. The van der Waals surface area contributed by atoms with Crippen LogP contribution in [0.4, 0.5) is 0 Å². The highest BCUT2D eigenvalue weighted by Crippen LogP contribution is 2.19. The molecule has 0 radical (unpaired) electrons. The van der Waals surface area contributed by atoms with Crippen LogP contribution in [0.3, 0.4) is 0 Å². The Labute approximate surface area is 115 Å². The van der Waals surface area contributed by atoms with Gasteiger partial charge in [0.2, 0.25) is 0 Å². The number of hydrogen-bond acceptors (Lipinski definition) is 2.